The average Bonchev–Trinajstić information content (AvgIpc) is 2.57. The highest BCUT2D eigenvalue weighted by molar-refractivity contribution is 5.66. The first-order valence-corrected chi connectivity index (χ1v) is 8.86. The van der Waals surface area contributed by atoms with Crippen molar-refractivity contribution in [2.45, 2.75) is 70.8 Å². The zero-order valence-corrected chi connectivity index (χ0v) is 14.8. The van der Waals surface area contributed by atoms with Crippen LogP contribution in [-0.2, 0) is 9.68 Å². The minimum Gasteiger partial charge on any atom is -0.481 e. The van der Waals surface area contributed by atoms with Gasteiger partial charge in [0.25, 0.3) is 0 Å². The SMILES string of the molecule is CCCCCC=CCC=CC=C[C@H](CC=CCCCC(=O)O)OO. The van der Waals surface area contributed by atoms with Gasteiger partial charge >= 0.3 is 5.97 Å². The number of hydrogen-bond donors (Lipinski definition) is 2. The van der Waals surface area contributed by atoms with Gasteiger partial charge in [-0.05, 0) is 38.5 Å². The van der Waals surface area contributed by atoms with Crippen LogP contribution in [0.1, 0.15) is 64.7 Å². The summed E-state index contributed by atoms with van der Waals surface area (Å²) < 4.78 is 0. The maximum Gasteiger partial charge on any atom is 0.303 e. The molecule has 0 fully saturated rings. The van der Waals surface area contributed by atoms with Crippen molar-refractivity contribution in [3.8, 4) is 0 Å². The zero-order valence-electron chi connectivity index (χ0n) is 14.8. The molecule has 0 aromatic heterocycles. The van der Waals surface area contributed by atoms with Crippen molar-refractivity contribution in [2.24, 2.45) is 0 Å². The van der Waals surface area contributed by atoms with E-state index in [4.69, 9.17) is 10.4 Å². The maximum absolute atomic E-state index is 10.4. The van der Waals surface area contributed by atoms with Gasteiger partial charge < -0.3 is 5.11 Å². The minimum atomic E-state index is -0.773. The fraction of sp³-hybridized carbons (Fsp3) is 0.550. The first-order valence-electron chi connectivity index (χ1n) is 8.86. The number of hydrogen-bond acceptors (Lipinski definition) is 3. The molecule has 0 heterocycles. The molecular formula is C20H32O4. The Morgan fingerprint density at radius 1 is 1.00 bits per heavy atom. The molecule has 0 rings (SSSR count). The molecule has 24 heavy (non-hydrogen) atoms. The van der Waals surface area contributed by atoms with Gasteiger partial charge in [-0.3, -0.25) is 10.1 Å². The van der Waals surface area contributed by atoms with E-state index in [0.29, 0.717) is 12.8 Å². The normalized spacial score (nSPS) is 13.8. The van der Waals surface area contributed by atoms with Crippen molar-refractivity contribution in [3.05, 3.63) is 48.6 Å². The van der Waals surface area contributed by atoms with Gasteiger partial charge in [0.2, 0.25) is 0 Å². The van der Waals surface area contributed by atoms with Gasteiger partial charge in [0.05, 0.1) is 0 Å². The molecule has 0 amide bonds. The molecule has 1 atom stereocenters. The van der Waals surface area contributed by atoms with E-state index in [2.05, 4.69) is 30.0 Å². The van der Waals surface area contributed by atoms with Crippen LogP contribution in [0.3, 0.4) is 0 Å². The second-order valence-corrected chi connectivity index (χ2v) is 5.65. The Morgan fingerprint density at radius 3 is 2.46 bits per heavy atom. The van der Waals surface area contributed by atoms with Crippen LogP contribution in [0.15, 0.2) is 48.6 Å². The first kappa shape index (κ1) is 22.4. The fourth-order valence-corrected chi connectivity index (χ4v) is 2.03. The van der Waals surface area contributed by atoms with Gasteiger partial charge in [0, 0.05) is 6.42 Å². The topological polar surface area (TPSA) is 66.8 Å². The summed E-state index contributed by atoms with van der Waals surface area (Å²) >= 11 is 0. The van der Waals surface area contributed by atoms with Crippen LogP contribution < -0.4 is 0 Å². The molecule has 0 aliphatic heterocycles. The van der Waals surface area contributed by atoms with Crippen molar-refractivity contribution in [1.29, 1.82) is 0 Å². The van der Waals surface area contributed by atoms with Crippen LogP contribution >= 0.6 is 0 Å². The van der Waals surface area contributed by atoms with Crippen LogP contribution in [0.5, 0.6) is 0 Å². The number of rotatable bonds is 15. The molecule has 0 aliphatic rings. The van der Waals surface area contributed by atoms with Crippen molar-refractivity contribution in [3.63, 3.8) is 0 Å². The third-order valence-corrected chi connectivity index (χ3v) is 3.42. The van der Waals surface area contributed by atoms with Crippen molar-refractivity contribution in [2.75, 3.05) is 0 Å². The summed E-state index contributed by atoms with van der Waals surface area (Å²) in [6.45, 7) is 2.21. The van der Waals surface area contributed by atoms with E-state index in [1.54, 1.807) is 6.08 Å². The Kier molecular flexibility index (Phi) is 16.5. The summed E-state index contributed by atoms with van der Waals surface area (Å²) in [5.41, 5.74) is 0. The molecule has 0 aromatic rings. The van der Waals surface area contributed by atoms with Crippen LogP contribution in [0.2, 0.25) is 0 Å². The van der Waals surface area contributed by atoms with Gasteiger partial charge in [-0.2, -0.15) is 0 Å². The molecule has 0 unspecified atom stereocenters. The first-order chi connectivity index (χ1) is 11.7. The summed E-state index contributed by atoms with van der Waals surface area (Å²) in [6.07, 6.45) is 23.4. The Hall–Kier alpha value is -1.65. The monoisotopic (exact) mass is 336 g/mol. The average molecular weight is 336 g/mol. The lowest BCUT2D eigenvalue weighted by atomic mass is 10.1. The van der Waals surface area contributed by atoms with Crippen molar-refractivity contribution >= 4 is 5.97 Å². The number of carboxylic acids is 1. The molecule has 0 bridgehead atoms. The standard InChI is InChI=1S/C20H32O4/c1-2-3-4-5-6-7-8-9-10-13-16-19(24-23)17-14-11-12-15-18-20(21)22/h6-7,9-11,13-14,16,19,23H,2-5,8,12,15,17-18H2,1H3,(H,21,22)/t19-/m1/s1. The molecule has 2 N–H and O–H groups in total. The van der Waals surface area contributed by atoms with E-state index in [0.717, 1.165) is 19.3 Å². The van der Waals surface area contributed by atoms with Gasteiger partial charge in [-0.15, -0.1) is 0 Å². The number of unbranched alkanes of at least 4 members (excludes halogenated alkanes) is 4. The van der Waals surface area contributed by atoms with Crippen LogP contribution in [-0.4, -0.2) is 22.4 Å². The Bertz CT molecular complexity index is 408. The summed E-state index contributed by atoms with van der Waals surface area (Å²) in [5, 5.41) is 17.4. The van der Waals surface area contributed by atoms with Gasteiger partial charge in [-0.1, -0.05) is 68.4 Å². The Labute approximate surface area is 146 Å². The van der Waals surface area contributed by atoms with E-state index >= 15 is 0 Å². The number of carboxylic acid groups (broad SMARTS) is 1. The number of carbonyl (C=O) groups is 1. The molecule has 0 aromatic carbocycles. The number of aliphatic carboxylic acids is 1. The lowest BCUT2D eigenvalue weighted by Crippen LogP contribution is -2.04. The second-order valence-electron chi connectivity index (χ2n) is 5.65. The molecule has 136 valence electrons. The molecule has 0 spiro atoms. The molecule has 0 saturated heterocycles. The quantitative estimate of drug-likeness (QED) is 0.133. The second kappa shape index (κ2) is 17.7. The summed E-state index contributed by atoms with van der Waals surface area (Å²) in [4.78, 5) is 14.8. The Balaban J connectivity index is 3.81. The highest BCUT2D eigenvalue weighted by Crippen LogP contribution is 2.04. The highest BCUT2D eigenvalue weighted by atomic mass is 17.1. The Morgan fingerprint density at radius 2 is 1.75 bits per heavy atom. The number of allylic oxidation sites excluding steroid dienone is 6. The zero-order chi connectivity index (χ0) is 17.9. The summed E-state index contributed by atoms with van der Waals surface area (Å²) in [6, 6.07) is 0. The molecular weight excluding hydrogens is 304 g/mol. The lowest BCUT2D eigenvalue weighted by Gasteiger charge is -2.04. The largest absolute Gasteiger partial charge is 0.481 e. The molecule has 0 saturated carbocycles. The molecule has 0 aliphatic carbocycles. The summed E-state index contributed by atoms with van der Waals surface area (Å²) in [7, 11) is 0. The van der Waals surface area contributed by atoms with Crippen LogP contribution in [0.4, 0.5) is 0 Å². The molecule has 4 heteroatoms. The smallest absolute Gasteiger partial charge is 0.303 e. The third-order valence-electron chi connectivity index (χ3n) is 3.42. The van der Waals surface area contributed by atoms with E-state index in [1.165, 1.54) is 19.3 Å². The van der Waals surface area contributed by atoms with E-state index in [-0.39, 0.29) is 12.5 Å². The predicted octanol–water partition coefficient (Wildman–Crippen LogP) is 5.68. The van der Waals surface area contributed by atoms with Gasteiger partial charge in [-0.25, -0.2) is 4.89 Å². The van der Waals surface area contributed by atoms with E-state index in [1.807, 2.05) is 24.3 Å². The summed E-state index contributed by atoms with van der Waals surface area (Å²) in [5.74, 6) is -0.773. The molecule has 4 nitrogen and oxygen atoms in total. The lowest BCUT2D eigenvalue weighted by molar-refractivity contribution is -0.264. The van der Waals surface area contributed by atoms with Crippen LogP contribution in [0, 0.1) is 0 Å². The van der Waals surface area contributed by atoms with E-state index in [9.17, 15) is 4.79 Å². The molecule has 0 radical (unpaired) electrons. The van der Waals surface area contributed by atoms with Crippen molar-refractivity contribution in [1.82, 2.24) is 0 Å². The fourth-order valence-electron chi connectivity index (χ4n) is 2.03. The highest BCUT2D eigenvalue weighted by Gasteiger charge is 2.00. The van der Waals surface area contributed by atoms with Crippen LogP contribution in [0.25, 0.3) is 0 Å². The van der Waals surface area contributed by atoms with Gasteiger partial charge in [0.1, 0.15) is 6.10 Å². The third kappa shape index (κ3) is 16.7. The van der Waals surface area contributed by atoms with Gasteiger partial charge in [0.15, 0.2) is 0 Å². The maximum atomic E-state index is 10.4. The van der Waals surface area contributed by atoms with Crippen molar-refractivity contribution < 1.29 is 20.0 Å². The minimum absolute atomic E-state index is 0.183. The van der Waals surface area contributed by atoms with E-state index < -0.39 is 5.97 Å². The predicted molar refractivity (Wildman–Crippen MR) is 98.9 cm³/mol.